The fourth-order valence-corrected chi connectivity index (χ4v) is 4.99. The first-order valence-electron chi connectivity index (χ1n) is 10.2. The fraction of sp³-hybridized carbons (Fsp3) is 0.333. The zero-order valence-corrected chi connectivity index (χ0v) is 17.5. The smallest absolute Gasteiger partial charge is 0.311 e. The van der Waals surface area contributed by atoms with Gasteiger partial charge in [-0.3, -0.25) is 14.2 Å². The summed E-state index contributed by atoms with van der Waals surface area (Å²) in [7, 11) is 0. The summed E-state index contributed by atoms with van der Waals surface area (Å²) in [6.07, 6.45) is 4.87. The quantitative estimate of drug-likeness (QED) is 0.545. The Labute approximate surface area is 179 Å². The Morgan fingerprint density at radius 1 is 1.17 bits per heavy atom. The minimum absolute atomic E-state index is 0.0427. The van der Waals surface area contributed by atoms with Crippen molar-refractivity contribution in [3.8, 4) is 5.75 Å². The lowest BCUT2D eigenvalue weighted by atomic mass is 9.86. The number of aromatic hydroxyl groups is 1. The van der Waals surface area contributed by atoms with Gasteiger partial charge in [-0.15, -0.1) is 0 Å². The molecule has 0 spiro atoms. The molecule has 6 heteroatoms. The van der Waals surface area contributed by atoms with E-state index < -0.39 is 11.9 Å². The summed E-state index contributed by atoms with van der Waals surface area (Å²) in [5.74, 6) is -1.50. The van der Waals surface area contributed by atoms with Crippen LogP contribution in [0.5, 0.6) is 5.75 Å². The Bertz CT molecular complexity index is 1130. The van der Waals surface area contributed by atoms with Crippen molar-refractivity contribution >= 4 is 34.4 Å². The highest BCUT2D eigenvalue weighted by Gasteiger charge is 2.32. The van der Waals surface area contributed by atoms with Crippen molar-refractivity contribution in [2.45, 2.75) is 44.9 Å². The lowest BCUT2D eigenvalue weighted by Gasteiger charge is -2.18. The third-order valence-corrected chi connectivity index (χ3v) is 6.44. The second-order valence-corrected chi connectivity index (χ2v) is 8.56. The van der Waals surface area contributed by atoms with Crippen molar-refractivity contribution in [2.24, 2.45) is 5.92 Å². The maximum absolute atomic E-state index is 13.4. The number of carboxylic acid groups (broad SMARTS) is 1. The number of benzene rings is 2. The van der Waals surface area contributed by atoms with Gasteiger partial charge in [-0.05, 0) is 61.2 Å². The van der Waals surface area contributed by atoms with Crippen LogP contribution in [0.1, 0.15) is 59.6 Å². The summed E-state index contributed by atoms with van der Waals surface area (Å²) in [5, 5.41) is 21.2. The molecule has 1 aromatic heterocycles. The molecule has 2 aromatic carbocycles. The number of hydrogen-bond donors (Lipinski definition) is 2. The average Bonchev–Trinajstić information content (AvgIpc) is 3.31. The molecular weight excluding hydrogens is 402 g/mol. The molecule has 1 unspecified atom stereocenters. The Morgan fingerprint density at radius 2 is 1.90 bits per heavy atom. The van der Waals surface area contributed by atoms with E-state index >= 15 is 0 Å². The molecular formula is C24H24ClNO4. The standard InChI is InChI=1S/C24H24ClNO4/c1-14-22(20(24(29)30)11-15-5-2-3-6-15)19-13-18(27)9-10-21(19)26(14)23(28)16-7-4-8-17(25)12-16/h4,7-10,12-13,15,20,27H,2-3,5-6,11H2,1H3,(H,29,30). The van der Waals surface area contributed by atoms with Gasteiger partial charge in [0.2, 0.25) is 0 Å². The molecule has 156 valence electrons. The number of halogens is 1. The molecule has 2 N–H and O–H groups in total. The second-order valence-electron chi connectivity index (χ2n) is 8.13. The zero-order valence-electron chi connectivity index (χ0n) is 16.8. The van der Waals surface area contributed by atoms with Gasteiger partial charge in [0, 0.05) is 21.7 Å². The summed E-state index contributed by atoms with van der Waals surface area (Å²) in [5.41, 5.74) is 2.20. The monoisotopic (exact) mass is 425 g/mol. The average molecular weight is 426 g/mol. The normalized spacial score (nSPS) is 15.5. The molecule has 0 radical (unpaired) electrons. The van der Waals surface area contributed by atoms with Gasteiger partial charge >= 0.3 is 5.97 Å². The molecule has 1 fully saturated rings. The van der Waals surface area contributed by atoms with Gasteiger partial charge in [0.1, 0.15) is 5.75 Å². The molecule has 1 aliphatic rings. The van der Waals surface area contributed by atoms with Gasteiger partial charge in [0.05, 0.1) is 11.4 Å². The predicted octanol–water partition coefficient (Wildman–Crippen LogP) is 5.75. The van der Waals surface area contributed by atoms with Crippen LogP contribution in [0.2, 0.25) is 5.02 Å². The highest BCUT2D eigenvalue weighted by Crippen LogP contribution is 2.40. The van der Waals surface area contributed by atoms with Gasteiger partial charge in [-0.25, -0.2) is 0 Å². The SMILES string of the molecule is Cc1c(C(CC2CCCC2)C(=O)O)c2cc(O)ccc2n1C(=O)c1cccc(Cl)c1. The lowest BCUT2D eigenvalue weighted by Crippen LogP contribution is -2.18. The van der Waals surface area contributed by atoms with Crippen LogP contribution >= 0.6 is 11.6 Å². The first-order chi connectivity index (χ1) is 14.4. The highest BCUT2D eigenvalue weighted by atomic mass is 35.5. The van der Waals surface area contributed by atoms with E-state index in [0.717, 1.165) is 25.7 Å². The van der Waals surface area contributed by atoms with Gasteiger partial charge in [-0.2, -0.15) is 0 Å². The molecule has 1 aliphatic carbocycles. The molecule has 1 heterocycles. The van der Waals surface area contributed by atoms with E-state index in [-0.39, 0.29) is 11.7 Å². The summed E-state index contributed by atoms with van der Waals surface area (Å²) >= 11 is 6.08. The fourth-order valence-electron chi connectivity index (χ4n) is 4.80. The molecule has 1 atom stereocenters. The number of carbonyl (C=O) groups is 2. The molecule has 0 amide bonds. The maximum Gasteiger partial charge on any atom is 0.311 e. The molecule has 4 rings (SSSR count). The van der Waals surface area contributed by atoms with Crippen LogP contribution in [0.3, 0.4) is 0 Å². The summed E-state index contributed by atoms with van der Waals surface area (Å²) in [4.78, 5) is 25.7. The first-order valence-corrected chi connectivity index (χ1v) is 10.6. The third-order valence-electron chi connectivity index (χ3n) is 6.20. The van der Waals surface area contributed by atoms with Crippen LogP contribution in [-0.2, 0) is 4.79 Å². The molecule has 0 saturated heterocycles. The maximum atomic E-state index is 13.4. The number of carboxylic acids is 1. The molecule has 30 heavy (non-hydrogen) atoms. The van der Waals surface area contributed by atoms with Gasteiger partial charge in [0.15, 0.2) is 0 Å². The van der Waals surface area contributed by atoms with Gasteiger partial charge < -0.3 is 10.2 Å². The number of fused-ring (bicyclic) bond motifs is 1. The van der Waals surface area contributed by atoms with Crippen LogP contribution in [0.25, 0.3) is 10.9 Å². The minimum atomic E-state index is -0.900. The largest absolute Gasteiger partial charge is 0.508 e. The molecule has 5 nitrogen and oxygen atoms in total. The first kappa shape index (κ1) is 20.5. The predicted molar refractivity (Wildman–Crippen MR) is 116 cm³/mol. The number of nitrogens with zero attached hydrogens (tertiary/aromatic N) is 1. The Balaban J connectivity index is 1.89. The zero-order chi connectivity index (χ0) is 21.4. The van der Waals surface area contributed by atoms with Gasteiger partial charge in [-0.1, -0.05) is 43.4 Å². The van der Waals surface area contributed by atoms with E-state index in [2.05, 4.69) is 0 Å². The number of rotatable bonds is 5. The number of phenolic OH excluding ortho intramolecular Hbond substituents is 1. The lowest BCUT2D eigenvalue weighted by molar-refractivity contribution is -0.139. The van der Waals surface area contributed by atoms with Crippen LogP contribution in [0.15, 0.2) is 42.5 Å². The van der Waals surface area contributed by atoms with E-state index in [1.807, 2.05) is 0 Å². The minimum Gasteiger partial charge on any atom is -0.508 e. The van der Waals surface area contributed by atoms with E-state index in [1.165, 1.54) is 6.07 Å². The van der Waals surface area contributed by atoms with Crippen molar-refractivity contribution < 1.29 is 19.8 Å². The summed E-state index contributed by atoms with van der Waals surface area (Å²) in [6, 6.07) is 11.4. The van der Waals surface area contributed by atoms with Crippen LogP contribution in [0, 0.1) is 12.8 Å². The highest BCUT2D eigenvalue weighted by molar-refractivity contribution is 6.31. The molecule has 3 aromatic rings. The van der Waals surface area contributed by atoms with Crippen LogP contribution < -0.4 is 0 Å². The molecule has 0 bridgehead atoms. The Morgan fingerprint density at radius 3 is 2.57 bits per heavy atom. The second kappa shape index (κ2) is 8.15. The topological polar surface area (TPSA) is 79.5 Å². The van der Waals surface area contributed by atoms with Crippen molar-refractivity contribution in [1.29, 1.82) is 0 Å². The van der Waals surface area contributed by atoms with E-state index in [9.17, 15) is 19.8 Å². The van der Waals surface area contributed by atoms with Crippen molar-refractivity contribution in [1.82, 2.24) is 4.57 Å². The van der Waals surface area contributed by atoms with E-state index in [0.29, 0.717) is 45.1 Å². The number of aromatic nitrogens is 1. The number of hydrogen-bond acceptors (Lipinski definition) is 3. The van der Waals surface area contributed by atoms with Crippen LogP contribution in [0.4, 0.5) is 0 Å². The third kappa shape index (κ3) is 3.70. The van der Waals surface area contributed by atoms with Crippen molar-refractivity contribution in [3.05, 3.63) is 64.3 Å². The van der Waals surface area contributed by atoms with Crippen molar-refractivity contribution in [2.75, 3.05) is 0 Å². The van der Waals surface area contributed by atoms with Crippen LogP contribution in [-0.4, -0.2) is 26.7 Å². The summed E-state index contributed by atoms with van der Waals surface area (Å²) in [6.45, 7) is 1.78. The summed E-state index contributed by atoms with van der Waals surface area (Å²) < 4.78 is 1.54. The molecule has 0 aliphatic heterocycles. The number of carbonyl (C=O) groups excluding carboxylic acids is 1. The van der Waals surface area contributed by atoms with E-state index in [4.69, 9.17) is 11.6 Å². The number of phenols is 1. The van der Waals surface area contributed by atoms with Crippen molar-refractivity contribution in [3.63, 3.8) is 0 Å². The Hall–Kier alpha value is -2.79. The Kier molecular flexibility index (Phi) is 5.56. The van der Waals surface area contributed by atoms with E-state index in [1.54, 1.807) is 47.9 Å². The van der Waals surface area contributed by atoms with Gasteiger partial charge in [0.25, 0.3) is 5.91 Å². The number of aliphatic carboxylic acids is 1. The molecule has 1 saturated carbocycles.